The zero-order valence-corrected chi connectivity index (χ0v) is 13.4. The molecule has 102 valence electrons. The molecule has 0 atom stereocenters. The molecule has 0 aliphatic heterocycles. The van der Waals surface area contributed by atoms with Crippen molar-refractivity contribution < 1.29 is 4.79 Å². The molecule has 4 heteroatoms. The molecule has 1 N–H and O–H groups in total. The van der Waals surface area contributed by atoms with E-state index in [1.807, 2.05) is 42.7 Å². The minimum absolute atomic E-state index is 0.0225. The summed E-state index contributed by atoms with van der Waals surface area (Å²) < 4.78 is 0.963. The van der Waals surface area contributed by atoms with Crippen molar-refractivity contribution in [3.8, 4) is 0 Å². The summed E-state index contributed by atoms with van der Waals surface area (Å²) in [5.41, 5.74) is 1.63. The molecule has 0 saturated heterocycles. The van der Waals surface area contributed by atoms with Crippen molar-refractivity contribution >= 4 is 39.2 Å². The van der Waals surface area contributed by atoms with E-state index in [4.69, 9.17) is 0 Å². The van der Waals surface area contributed by atoms with E-state index >= 15 is 0 Å². The smallest absolute Gasteiger partial charge is 0.187 e. The third-order valence-corrected chi connectivity index (χ3v) is 3.98. The average Bonchev–Trinajstić information content (AvgIpc) is 2.48. The molecule has 2 nitrogen and oxygen atoms in total. The topological polar surface area (TPSA) is 29.1 Å². The highest BCUT2D eigenvalue weighted by atomic mass is 79.9. The molecular weight excluding hydrogens is 334 g/mol. The van der Waals surface area contributed by atoms with E-state index in [0.717, 1.165) is 10.2 Å². The van der Waals surface area contributed by atoms with Gasteiger partial charge in [0.2, 0.25) is 0 Å². The molecule has 20 heavy (non-hydrogen) atoms. The Labute approximate surface area is 131 Å². The Morgan fingerprint density at radius 3 is 2.35 bits per heavy atom. The zero-order valence-electron chi connectivity index (χ0n) is 11.0. The molecule has 0 aliphatic carbocycles. The molecule has 0 amide bonds. The number of rotatable bonds is 5. The molecule has 0 heterocycles. The van der Waals surface area contributed by atoms with Gasteiger partial charge in [-0.3, -0.25) is 4.79 Å². The van der Waals surface area contributed by atoms with Gasteiger partial charge in [-0.15, -0.1) is 11.8 Å². The minimum Gasteiger partial charge on any atom is -0.362 e. The highest BCUT2D eigenvalue weighted by molar-refractivity contribution is 9.10. The van der Waals surface area contributed by atoms with Crippen LogP contribution in [0.25, 0.3) is 0 Å². The van der Waals surface area contributed by atoms with E-state index in [2.05, 4.69) is 21.2 Å². The van der Waals surface area contributed by atoms with Crippen molar-refractivity contribution in [2.75, 3.05) is 11.6 Å². The Hall–Kier alpha value is -1.52. The summed E-state index contributed by atoms with van der Waals surface area (Å²) in [6.07, 6.45) is 5.24. The quantitative estimate of drug-likeness (QED) is 0.469. The monoisotopic (exact) mass is 347 g/mol. The van der Waals surface area contributed by atoms with Crippen molar-refractivity contribution in [1.82, 2.24) is 0 Å². The Bertz CT molecular complexity index is 605. The molecule has 0 aliphatic rings. The highest BCUT2D eigenvalue weighted by Crippen LogP contribution is 2.17. The largest absolute Gasteiger partial charge is 0.362 e. The summed E-state index contributed by atoms with van der Waals surface area (Å²) >= 11 is 5.05. The van der Waals surface area contributed by atoms with Crippen LogP contribution in [0.4, 0.5) is 5.69 Å². The van der Waals surface area contributed by atoms with Crippen LogP contribution in [-0.4, -0.2) is 12.0 Å². The molecular formula is C16H14BrNOS. The first kappa shape index (κ1) is 14.9. The predicted octanol–water partition coefficient (Wildman–Crippen LogP) is 4.98. The number of thioether (sulfide) groups is 1. The van der Waals surface area contributed by atoms with Crippen LogP contribution in [0.15, 0.2) is 70.2 Å². The molecule has 0 radical (unpaired) electrons. The first-order valence-electron chi connectivity index (χ1n) is 6.06. The standard InChI is InChI=1S/C16H14BrNOS/c1-20-15-8-6-14(7-9-15)18-11-10-16(19)12-2-4-13(17)5-3-12/h2-11,18H,1H3. The van der Waals surface area contributed by atoms with Crippen LogP contribution in [0.5, 0.6) is 0 Å². The number of benzene rings is 2. The maximum atomic E-state index is 11.9. The summed E-state index contributed by atoms with van der Waals surface area (Å²) in [5, 5.41) is 3.09. The first-order valence-corrected chi connectivity index (χ1v) is 8.08. The summed E-state index contributed by atoms with van der Waals surface area (Å²) in [5.74, 6) is -0.0225. The number of allylic oxidation sites excluding steroid dienone is 1. The maximum Gasteiger partial charge on any atom is 0.187 e. The number of carbonyl (C=O) groups is 1. The second-order valence-corrected chi connectivity index (χ2v) is 5.87. The Morgan fingerprint density at radius 2 is 1.75 bits per heavy atom. The number of ketones is 1. The summed E-state index contributed by atoms with van der Waals surface area (Å²) in [7, 11) is 0. The van der Waals surface area contributed by atoms with E-state index in [1.165, 1.54) is 11.0 Å². The second-order valence-electron chi connectivity index (χ2n) is 4.08. The van der Waals surface area contributed by atoms with Gasteiger partial charge in [-0.1, -0.05) is 15.9 Å². The lowest BCUT2D eigenvalue weighted by atomic mass is 10.1. The van der Waals surface area contributed by atoms with E-state index < -0.39 is 0 Å². The Balaban J connectivity index is 1.95. The fourth-order valence-electron chi connectivity index (χ4n) is 1.61. The highest BCUT2D eigenvalue weighted by Gasteiger charge is 2.00. The Morgan fingerprint density at radius 1 is 1.10 bits per heavy atom. The SMILES string of the molecule is CSc1ccc(NC=CC(=O)c2ccc(Br)cc2)cc1. The summed E-state index contributed by atoms with van der Waals surface area (Å²) in [6.45, 7) is 0. The van der Waals surface area contributed by atoms with Crippen LogP contribution >= 0.6 is 27.7 Å². The van der Waals surface area contributed by atoms with E-state index in [9.17, 15) is 4.79 Å². The average molecular weight is 348 g/mol. The molecule has 2 aromatic rings. The van der Waals surface area contributed by atoms with Crippen molar-refractivity contribution in [2.24, 2.45) is 0 Å². The molecule has 2 aromatic carbocycles. The van der Waals surface area contributed by atoms with Gasteiger partial charge in [0.1, 0.15) is 0 Å². The van der Waals surface area contributed by atoms with Gasteiger partial charge in [0.05, 0.1) is 0 Å². The zero-order chi connectivity index (χ0) is 14.4. The predicted molar refractivity (Wildman–Crippen MR) is 89.5 cm³/mol. The first-order chi connectivity index (χ1) is 9.69. The normalized spacial score (nSPS) is 10.7. The minimum atomic E-state index is -0.0225. The number of anilines is 1. The van der Waals surface area contributed by atoms with Crippen LogP contribution in [0.1, 0.15) is 10.4 Å². The van der Waals surface area contributed by atoms with Crippen LogP contribution in [0, 0.1) is 0 Å². The number of carbonyl (C=O) groups excluding carboxylic acids is 1. The molecule has 2 rings (SSSR count). The fourth-order valence-corrected chi connectivity index (χ4v) is 2.28. The van der Waals surface area contributed by atoms with Crippen LogP contribution < -0.4 is 5.32 Å². The van der Waals surface area contributed by atoms with Gasteiger partial charge in [-0.25, -0.2) is 0 Å². The maximum absolute atomic E-state index is 11.9. The molecule has 0 fully saturated rings. The van der Waals surface area contributed by atoms with E-state index in [-0.39, 0.29) is 5.78 Å². The third kappa shape index (κ3) is 4.25. The lowest BCUT2D eigenvalue weighted by molar-refractivity contribution is 0.104. The van der Waals surface area contributed by atoms with Crippen molar-refractivity contribution in [1.29, 1.82) is 0 Å². The summed E-state index contributed by atoms with van der Waals surface area (Å²) in [4.78, 5) is 13.1. The lowest BCUT2D eigenvalue weighted by Gasteiger charge is -2.01. The number of halogens is 1. The van der Waals surface area contributed by atoms with E-state index in [0.29, 0.717) is 5.56 Å². The Kier molecular flexibility index (Phi) is 5.44. The van der Waals surface area contributed by atoms with E-state index in [1.54, 1.807) is 30.1 Å². The van der Waals surface area contributed by atoms with Gasteiger partial charge in [0, 0.05) is 32.9 Å². The molecule has 0 saturated carbocycles. The molecule has 0 bridgehead atoms. The number of nitrogens with one attached hydrogen (secondary N) is 1. The van der Waals surface area contributed by atoms with Crippen LogP contribution in [0.2, 0.25) is 0 Å². The third-order valence-electron chi connectivity index (χ3n) is 2.70. The van der Waals surface area contributed by atoms with Crippen LogP contribution in [-0.2, 0) is 0 Å². The van der Waals surface area contributed by atoms with Gasteiger partial charge in [0.25, 0.3) is 0 Å². The fraction of sp³-hybridized carbons (Fsp3) is 0.0625. The van der Waals surface area contributed by atoms with Gasteiger partial charge >= 0.3 is 0 Å². The molecule has 0 unspecified atom stereocenters. The molecule has 0 aromatic heterocycles. The molecule has 0 spiro atoms. The number of hydrogen-bond acceptors (Lipinski definition) is 3. The van der Waals surface area contributed by atoms with Crippen molar-refractivity contribution in [3.63, 3.8) is 0 Å². The van der Waals surface area contributed by atoms with Gasteiger partial charge in [-0.05, 0) is 54.8 Å². The second kappa shape index (κ2) is 7.31. The van der Waals surface area contributed by atoms with Crippen LogP contribution in [0.3, 0.4) is 0 Å². The van der Waals surface area contributed by atoms with Gasteiger partial charge < -0.3 is 5.32 Å². The van der Waals surface area contributed by atoms with Gasteiger partial charge in [0.15, 0.2) is 5.78 Å². The number of hydrogen-bond donors (Lipinski definition) is 1. The summed E-state index contributed by atoms with van der Waals surface area (Å²) in [6, 6.07) is 15.4. The lowest BCUT2D eigenvalue weighted by Crippen LogP contribution is -1.95. The van der Waals surface area contributed by atoms with Crippen molar-refractivity contribution in [3.05, 3.63) is 70.8 Å². The van der Waals surface area contributed by atoms with Crippen molar-refractivity contribution in [2.45, 2.75) is 4.90 Å². The van der Waals surface area contributed by atoms with Gasteiger partial charge in [-0.2, -0.15) is 0 Å².